The lowest BCUT2D eigenvalue weighted by atomic mass is 10.0. The molecule has 0 saturated carbocycles. The molecule has 6 heteroatoms. The van der Waals surface area contributed by atoms with Crippen molar-refractivity contribution in [2.75, 3.05) is 5.32 Å². The monoisotopic (exact) mass is 415 g/mol. The summed E-state index contributed by atoms with van der Waals surface area (Å²) in [6, 6.07) is 24.0. The fourth-order valence-electron chi connectivity index (χ4n) is 2.92. The number of fused-ring (bicyclic) bond motifs is 1. The molecule has 0 atom stereocenters. The minimum atomic E-state index is -0.294. The van der Waals surface area contributed by atoms with E-state index in [1.807, 2.05) is 53.9 Å². The lowest BCUT2D eigenvalue weighted by Gasteiger charge is -2.05. The van der Waals surface area contributed by atoms with Crippen LogP contribution in [0.4, 0.5) is 5.13 Å². The number of thiocarbonyl (C=S) groups is 1. The average Bonchev–Trinajstić information content (AvgIpc) is 3.20. The van der Waals surface area contributed by atoms with E-state index < -0.39 is 0 Å². The van der Waals surface area contributed by atoms with Crippen molar-refractivity contribution in [2.24, 2.45) is 0 Å². The van der Waals surface area contributed by atoms with Crippen LogP contribution >= 0.6 is 23.6 Å². The second-order valence-corrected chi connectivity index (χ2v) is 7.52. The lowest BCUT2D eigenvalue weighted by molar-refractivity contribution is -0.115. The summed E-state index contributed by atoms with van der Waals surface area (Å²) in [4.78, 5) is 16.7. The topological polar surface area (TPSA) is 54.0 Å². The molecule has 0 bridgehead atoms. The van der Waals surface area contributed by atoms with Crippen molar-refractivity contribution in [1.82, 2.24) is 10.3 Å². The fraction of sp³-hybridized carbons (Fsp3) is 0. The second-order valence-electron chi connectivity index (χ2n) is 6.25. The van der Waals surface area contributed by atoms with Crippen molar-refractivity contribution in [3.05, 3.63) is 89.8 Å². The molecule has 1 amide bonds. The minimum absolute atomic E-state index is 0.214. The number of amides is 1. The highest BCUT2D eigenvalue weighted by molar-refractivity contribution is 7.80. The third kappa shape index (κ3) is 4.74. The molecule has 0 aliphatic carbocycles. The summed E-state index contributed by atoms with van der Waals surface area (Å²) in [6.07, 6.45) is 3.19. The largest absolute Gasteiger partial charge is 0.308 e. The van der Waals surface area contributed by atoms with Crippen molar-refractivity contribution >= 4 is 56.6 Å². The molecule has 4 rings (SSSR count). The highest BCUT2D eigenvalue weighted by atomic mass is 32.1. The molecule has 4 nitrogen and oxygen atoms in total. The summed E-state index contributed by atoms with van der Waals surface area (Å²) >= 11 is 6.68. The van der Waals surface area contributed by atoms with E-state index in [4.69, 9.17) is 12.2 Å². The fourth-order valence-corrected chi connectivity index (χ4v) is 3.90. The molecule has 0 aliphatic heterocycles. The Morgan fingerprint density at radius 2 is 1.72 bits per heavy atom. The van der Waals surface area contributed by atoms with Crippen LogP contribution in [0.5, 0.6) is 0 Å². The lowest BCUT2D eigenvalue weighted by Crippen LogP contribution is -2.32. The molecule has 142 valence electrons. The molecule has 0 spiro atoms. The van der Waals surface area contributed by atoms with Gasteiger partial charge in [-0.3, -0.25) is 10.1 Å². The summed E-state index contributed by atoms with van der Waals surface area (Å²) in [5.74, 6) is -0.294. The van der Waals surface area contributed by atoms with Gasteiger partial charge in [0.15, 0.2) is 10.2 Å². The smallest absolute Gasteiger partial charge is 0.250 e. The van der Waals surface area contributed by atoms with Crippen LogP contribution in [-0.2, 0) is 4.79 Å². The molecule has 1 heterocycles. The normalized spacial score (nSPS) is 10.9. The van der Waals surface area contributed by atoms with Gasteiger partial charge in [-0.15, -0.1) is 11.3 Å². The number of hydrogen-bond acceptors (Lipinski definition) is 4. The number of nitrogens with zero attached hydrogens (tertiary/aromatic N) is 1. The van der Waals surface area contributed by atoms with E-state index in [-0.39, 0.29) is 11.0 Å². The number of anilines is 1. The van der Waals surface area contributed by atoms with Crippen LogP contribution in [0.3, 0.4) is 0 Å². The number of carbonyl (C=O) groups is 1. The predicted molar refractivity (Wildman–Crippen MR) is 125 cm³/mol. The van der Waals surface area contributed by atoms with Crippen molar-refractivity contribution in [2.45, 2.75) is 0 Å². The van der Waals surface area contributed by atoms with Gasteiger partial charge in [0, 0.05) is 17.0 Å². The van der Waals surface area contributed by atoms with E-state index in [9.17, 15) is 4.79 Å². The van der Waals surface area contributed by atoms with Gasteiger partial charge in [0.2, 0.25) is 5.91 Å². The Labute approximate surface area is 177 Å². The Bertz CT molecular complexity index is 1190. The number of hydrogen-bond donors (Lipinski definition) is 2. The van der Waals surface area contributed by atoms with Gasteiger partial charge < -0.3 is 5.32 Å². The van der Waals surface area contributed by atoms with Gasteiger partial charge in [-0.2, -0.15) is 0 Å². The van der Waals surface area contributed by atoms with E-state index in [1.165, 1.54) is 22.8 Å². The quantitative estimate of drug-likeness (QED) is 0.342. The molecule has 0 saturated heterocycles. The third-order valence-electron chi connectivity index (χ3n) is 4.25. The first-order chi connectivity index (χ1) is 14.2. The Hall–Kier alpha value is -3.35. The molecule has 0 radical (unpaired) electrons. The molecule has 0 unspecified atom stereocenters. The zero-order chi connectivity index (χ0) is 20.1. The first kappa shape index (κ1) is 19.0. The molecule has 4 aromatic rings. The van der Waals surface area contributed by atoms with Crippen molar-refractivity contribution in [3.63, 3.8) is 0 Å². The van der Waals surface area contributed by atoms with Crippen LogP contribution in [0.15, 0.2) is 84.3 Å². The molecular weight excluding hydrogens is 398 g/mol. The molecule has 29 heavy (non-hydrogen) atoms. The van der Waals surface area contributed by atoms with Crippen molar-refractivity contribution in [3.8, 4) is 11.3 Å². The van der Waals surface area contributed by atoms with E-state index in [2.05, 4.69) is 39.9 Å². The van der Waals surface area contributed by atoms with Gasteiger partial charge in [-0.05, 0) is 34.6 Å². The van der Waals surface area contributed by atoms with Crippen LogP contribution in [0.25, 0.3) is 28.1 Å². The molecule has 2 N–H and O–H groups in total. The van der Waals surface area contributed by atoms with E-state index in [0.29, 0.717) is 5.13 Å². The zero-order valence-corrected chi connectivity index (χ0v) is 17.0. The molecule has 0 aliphatic rings. The maximum atomic E-state index is 12.0. The van der Waals surface area contributed by atoms with Crippen LogP contribution in [0, 0.1) is 0 Å². The summed E-state index contributed by atoms with van der Waals surface area (Å²) in [6.45, 7) is 0. The number of aromatic nitrogens is 1. The highest BCUT2D eigenvalue weighted by Crippen LogP contribution is 2.30. The second kappa shape index (κ2) is 8.77. The van der Waals surface area contributed by atoms with Crippen molar-refractivity contribution in [1.29, 1.82) is 0 Å². The maximum Gasteiger partial charge on any atom is 0.250 e. The highest BCUT2D eigenvalue weighted by Gasteiger charge is 2.09. The number of nitrogens with one attached hydrogen (secondary N) is 2. The molecular formula is C23H17N3OS2. The zero-order valence-electron chi connectivity index (χ0n) is 15.3. The Balaban J connectivity index is 1.42. The van der Waals surface area contributed by atoms with Crippen LogP contribution in [0.2, 0.25) is 0 Å². The summed E-state index contributed by atoms with van der Waals surface area (Å²) < 4.78 is 0. The molecule has 0 fully saturated rings. The minimum Gasteiger partial charge on any atom is -0.308 e. The van der Waals surface area contributed by atoms with Gasteiger partial charge in [-0.25, -0.2) is 4.98 Å². The summed E-state index contributed by atoms with van der Waals surface area (Å²) in [5.41, 5.74) is 2.88. The Kier molecular flexibility index (Phi) is 5.74. The van der Waals surface area contributed by atoms with Crippen molar-refractivity contribution < 1.29 is 4.79 Å². The first-order valence-electron chi connectivity index (χ1n) is 8.98. The Morgan fingerprint density at radius 1 is 0.966 bits per heavy atom. The SMILES string of the molecule is O=C(C=Cc1ccccc1)NC(=S)Nc1nc(-c2cccc3ccccc23)cs1. The van der Waals surface area contributed by atoms with Gasteiger partial charge in [0.05, 0.1) is 5.69 Å². The number of rotatable bonds is 4. The molecule has 1 aromatic heterocycles. The molecule has 3 aromatic carbocycles. The third-order valence-corrected chi connectivity index (χ3v) is 5.22. The predicted octanol–water partition coefficient (Wildman–Crippen LogP) is 5.49. The van der Waals surface area contributed by atoms with Crippen LogP contribution in [0.1, 0.15) is 5.56 Å². The number of carbonyl (C=O) groups excluding carboxylic acids is 1. The van der Waals surface area contributed by atoms with E-state index in [0.717, 1.165) is 22.2 Å². The first-order valence-corrected chi connectivity index (χ1v) is 10.3. The summed E-state index contributed by atoms with van der Waals surface area (Å²) in [5, 5.41) is 10.8. The van der Waals surface area contributed by atoms with Gasteiger partial charge in [-0.1, -0.05) is 72.8 Å². The van der Waals surface area contributed by atoms with Crippen LogP contribution in [-0.4, -0.2) is 16.0 Å². The average molecular weight is 416 g/mol. The maximum absolute atomic E-state index is 12.0. The van der Waals surface area contributed by atoms with Gasteiger partial charge >= 0.3 is 0 Å². The number of thiazole rings is 1. The van der Waals surface area contributed by atoms with Gasteiger partial charge in [0.1, 0.15) is 0 Å². The standard InChI is InChI=1S/C23H17N3OS2/c27-21(14-13-16-7-2-1-3-8-16)25-22(28)26-23-24-20(15-29-23)19-12-6-10-17-9-4-5-11-18(17)19/h1-15H,(H2,24,25,26,27,28). The van der Waals surface area contributed by atoms with E-state index in [1.54, 1.807) is 6.08 Å². The Morgan fingerprint density at radius 3 is 2.59 bits per heavy atom. The summed E-state index contributed by atoms with van der Waals surface area (Å²) in [7, 11) is 0. The van der Waals surface area contributed by atoms with Crippen LogP contribution < -0.4 is 10.6 Å². The number of benzene rings is 3. The van der Waals surface area contributed by atoms with E-state index >= 15 is 0 Å². The van der Waals surface area contributed by atoms with Gasteiger partial charge in [0.25, 0.3) is 0 Å².